The molecule has 0 aromatic heterocycles. The van der Waals surface area contributed by atoms with Crippen LogP contribution >= 0.6 is 0 Å². The minimum Gasteiger partial charge on any atom is -0.395 e. The first-order valence-corrected chi connectivity index (χ1v) is 18.8. The second-order valence-electron chi connectivity index (χ2n) is 11.5. The lowest BCUT2D eigenvalue weighted by molar-refractivity contribution is 0.111. The van der Waals surface area contributed by atoms with Gasteiger partial charge in [-0.05, 0) is 149 Å². The molecule has 0 bridgehead atoms. The van der Waals surface area contributed by atoms with Gasteiger partial charge in [-0.1, -0.05) is 41.5 Å². The van der Waals surface area contributed by atoms with Gasteiger partial charge in [0.15, 0.2) is 0 Å². The van der Waals surface area contributed by atoms with Crippen LogP contribution in [0.5, 0.6) is 0 Å². The zero-order chi connectivity index (χ0) is 28.0. The van der Waals surface area contributed by atoms with E-state index >= 15 is 0 Å². The van der Waals surface area contributed by atoms with Crippen molar-refractivity contribution in [3.8, 4) is 0 Å². The van der Waals surface area contributed by atoms with Crippen molar-refractivity contribution in [1.82, 2.24) is 14.7 Å². The van der Waals surface area contributed by atoms with E-state index in [0.717, 1.165) is 19.3 Å². The van der Waals surface area contributed by atoms with Crippen LogP contribution in [0.1, 0.15) is 113 Å². The summed E-state index contributed by atoms with van der Waals surface area (Å²) in [6.45, 7) is 33.0. The van der Waals surface area contributed by atoms with Crippen LogP contribution in [0.3, 0.4) is 0 Å². The normalized spacial score (nSPS) is 13.0. The zero-order valence-electron chi connectivity index (χ0n) is 27.0. The molecule has 6 heteroatoms. The third kappa shape index (κ3) is 16.7. The highest BCUT2D eigenvalue weighted by Crippen LogP contribution is 2.41. The molecule has 0 aliphatic carbocycles. The van der Waals surface area contributed by atoms with Crippen molar-refractivity contribution >= 4 is 8.56 Å². The number of hydrogen-bond acceptors (Lipinski definition) is 5. The van der Waals surface area contributed by atoms with Crippen LogP contribution < -0.4 is 0 Å². The standard InChI is InChI=1S/C31H69N3O2Si/c1-10-21-32(22-11-2)27-18-31(19-28-33(23-12-3)24-13-4,20-29-34(25-14-5)26-15-6)30-37(9,35-16-7)36-17-8/h10-30H2,1-9H3. The largest absolute Gasteiger partial charge is 0.395 e. The molecular formula is C31H69N3O2Si. The van der Waals surface area contributed by atoms with E-state index in [2.05, 4.69) is 76.6 Å². The van der Waals surface area contributed by atoms with Gasteiger partial charge in [0.25, 0.3) is 0 Å². The zero-order valence-corrected chi connectivity index (χ0v) is 28.0. The lowest BCUT2D eigenvalue weighted by Crippen LogP contribution is -2.47. The fourth-order valence-electron chi connectivity index (χ4n) is 6.17. The molecule has 0 aliphatic heterocycles. The molecule has 5 nitrogen and oxygen atoms in total. The first-order chi connectivity index (χ1) is 17.8. The van der Waals surface area contributed by atoms with Crippen LogP contribution in [0, 0.1) is 5.41 Å². The van der Waals surface area contributed by atoms with E-state index in [1.807, 2.05) is 0 Å². The van der Waals surface area contributed by atoms with Crippen LogP contribution in [0.15, 0.2) is 0 Å². The summed E-state index contributed by atoms with van der Waals surface area (Å²) in [5, 5.41) is 0. The van der Waals surface area contributed by atoms with Gasteiger partial charge >= 0.3 is 8.56 Å². The van der Waals surface area contributed by atoms with Gasteiger partial charge in [-0.2, -0.15) is 0 Å². The molecule has 0 heterocycles. The lowest BCUT2D eigenvalue weighted by Gasteiger charge is -2.43. The van der Waals surface area contributed by atoms with Crippen molar-refractivity contribution in [3.05, 3.63) is 0 Å². The Bertz CT molecular complexity index is 435. The van der Waals surface area contributed by atoms with Crippen molar-refractivity contribution in [2.75, 3.05) is 72.1 Å². The van der Waals surface area contributed by atoms with Gasteiger partial charge in [-0.15, -0.1) is 0 Å². The molecule has 37 heavy (non-hydrogen) atoms. The summed E-state index contributed by atoms with van der Waals surface area (Å²) in [6, 6.07) is 1.12. The second kappa shape index (κ2) is 22.8. The highest BCUT2D eigenvalue weighted by Gasteiger charge is 2.43. The third-order valence-corrected chi connectivity index (χ3v) is 10.9. The van der Waals surface area contributed by atoms with Gasteiger partial charge in [0.05, 0.1) is 0 Å². The predicted molar refractivity (Wildman–Crippen MR) is 167 cm³/mol. The molecule has 0 N–H and O–H groups in total. The summed E-state index contributed by atoms with van der Waals surface area (Å²) in [4.78, 5) is 8.17. The fourth-order valence-corrected chi connectivity index (χ4v) is 9.57. The van der Waals surface area contributed by atoms with Gasteiger partial charge < -0.3 is 23.6 Å². The summed E-state index contributed by atoms with van der Waals surface area (Å²) in [7, 11) is -2.27. The molecule has 0 aromatic rings. The van der Waals surface area contributed by atoms with Gasteiger partial charge in [0.1, 0.15) is 0 Å². The Kier molecular flexibility index (Phi) is 22.8. The highest BCUT2D eigenvalue weighted by molar-refractivity contribution is 6.66. The van der Waals surface area contributed by atoms with E-state index < -0.39 is 8.56 Å². The average molecular weight is 544 g/mol. The lowest BCUT2D eigenvalue weighted by atomic mass is 9.79. The first-order valence-electron chi connectivity index (χ1n) is 16.3. The van der Waals surface area contributed by atoms with Crippen LogP contribution in [0.2, 0.25) is 12.6 Å². The van der Waals surface area contributed by atoms with Gasteiger partial charge in [-0.25, -0.2) is 0 Å². The Morgan fingerprint density at radius 2 is 0.730 bits per heavy atom. The van der Waals surface area contributed by atoms with Crippen LogP contribution in [-0.4, -0.2) is 95.4 Å². The molecule has 0 fully saturated rings. The topological polar surface area (TPSA) is 28.2 Å². The molecule has 0 spiro atoms. The molecular weight excluding hydrogens is 474 g/mol. The van der Waals surface area contributed by atoms with E-state index in [1.54, 1.807) is 0 Å². The maximum atomic E-state index is 6.51. The molecule has 0 aliphatic rings. The summed E-state index contributed by atoms with van der Waals surface area (Å²) < 4.78 is 13.0. The number of hydrogen-bond donors (Lipinski definition) is 0. The van der Waals surface area contributed by atoms with E-state index in [-0.39, 0.29) is 5.41 Å². The highest BCUT2D eigenvalue weighted by atomic mass is 28.4. The third-order valence-electron chi connectivity index (χ3n) is 7.71. The maximum Gasteiger partial charge on any atom is 0.335 e. The molecule has 0 saturated carbocycles. The molecule has 0 radical (unpaired) electrons. The van der Waals surface area contributed by atoms with Crippen molar-refractivity contribution in [1.29, 1.82) is 0 Å². The van der Waals surface area contributed by atoms with Crippen LogP contribution in [-0.2, 0) is 8.85 Å². The van der Waals surface area contributed by atoms with E-state index in [0.29, 0.717) is 0 Å². The quantitative estimate of drug-likeness (QED) is 0.0992. The summed E-state index contributed by atoms with van der Waals surface area (Å²) in [6.07, 6.45) is 11.2. The molecule has 0 rings (SSSR count). The minimum absolute atomic E-state index is 0.254. The van der Waals surface area contributed by atoms with Crippen LogP contribution in [0.4, 0.5) is 0 Å². The van der Waals surface area contributed by atoms with E-state index in [9.17, 15) is 0 Å². The molecule has 0 aromatic carbocycles. The number of rotatable bonds is 27. The van der Waals surface area contributed by atoms with Gasteiger partial charge in [0.2, 0.25) is 0 Å². The summed E-state index contributed by atoms with van der Waals surface area (Å²) in [5.74, 6) is 0. The SMILES string of the molecule is CCCN(CCC)CCC(CCN(CCC)CCC)(CCN(CCC)CCC)C[Si](C)(OCC)OCC. The Labute approximate surface area is 235 Å². The van der Waals surface area contributed by atoms with E-state index in [4.69, 9.17) is 8.85 Å². The Balaban J connectivity index is 6.20. The van der Waals surface area contributed by atoms with Crippen LogP contribution in [0.25, 0.3) is 0 Å². The molecule has 0 amide bonds. The molecule has 0 atom stereocenters. The maximum absolute atomic E-state index is 6.51. The minimum atomic E-state index is -2.27. The van der Waals surface area contributed by atoms with Crippen molar-refractivity contribution in [2.24, 2.45) is 5.41 Å². The summed E-state index contributed by atoms with van der Waals surface area (Å²) in [5.41, 5.74) is 0.254. The second-order valence-corrected chi connectivity index (χ2v) is 14.7. The van der Waals surface area contributed by atoms with Gasteiger partial charge in [-0.3, -0.25) is 0 Å². The van der Waals surface area contributed by atoms with E-state index in [1.165, 1.54) is 117 Å². The van der Waals surface area contributed by atoms with Gasteiger partial charge in [0, 0.05) is 13.2 Å². The monoisotopic (exact) mass is 544 g/mol. The van der Waals surface area contributed by atoms with Crippen molar-refractivity contribution < 1.29 is 8.85 Å². The van der Waals surface area contributed by atoms with Crippen molar-refractivity contribution in [2.45, 2.75) is 126 Å². The Hall–Kier alpha value is 0.0169. The Morgan fingerprint density at radius 3 is 0.946 bits per heavy atom. The predicted octanol–water partition coefficient (Wildman–Crippen LogP) is 7.65. The first kappa shape index (κ1) is 37.0. The fraction of sp³-hybridized carbons (Fsp3) is 1.00. The molecule has 0 unspecified atom stereocenters. The Morgan fingerprint density at radius 1 is 0.459 bits per heavy atom. The average Bonchev–Trinajstić information content (AvgIpc) is 2.85. The molecule has 224 valence electrons. The summed E-state index contributed by atoms with van der Waals surface area (Å²) >= 11 is 0. The molecule has 0 saturated heterocycles. The number of nitrogens with zero attached hydrogens (tertiary/aromatic N) is 3. The smallest absolute Gasteiger partial charge is 0.335 e. The van der Waals surface area contributed by atoms with Crippen molar-refractivity contribution in [3.63, 3.8) is 0 Å².